The first-order valence-electron chi connectivity index (χ1n) is 5.73. The van der Waals surface area contributed by atoms with E-state index in [-0.39, 0.29) is 0 Å². The summed E-state index contributed by atoms with van der Waals surface area (Å²) in [6, 6.07) is 0. The Hall–Kier alpha value is 0.650. The lowest BCUT2D eigenvalue weighted by molar-refractivity contribution is 0.178. The smallest absolute Gasteiger partial charge is 0.0502 e. The molecule has 1 fully saturated rings. The molecule has 0 spiro atoms. The maximum absolute atomic E-state index is 2.57. The van der Waals surface area contributed by atoms with E-state index >= 15 is 0 Å². The summed E-state index contributed by atoms with van der Waals surface area (Å²) in [7, 11) is 2.22. The second-order valence-electron chi connectivity index (χ2n) is 4.37. The molecule has 1 heterocycles. The molecule has 0 saturated carbocycles. The predicted octanol–water partition coefficient (Wildman–Crippen LogP) is 2.43. The van der Waals surface area contributed by atoms with Crippen LogP contribution < -0.4 is 0 Å². The van der Waals surface area contributed by atoms with Gasteiger partial charge < -0.3 is 4.90 Å². The molecule has 1 aliphatic heterocycles. The van der Waals surface area contributed by atoms with Gasteiger partial charge in [-0.05, 0) is 58.4 Å². The largest absolute Gasteiger partial charge is 0.304 e. The molecular weight excluding hydrogens is 287 g/mol. The molecule has 1 aliphatic rings. The van der Waals surface area contributed by atoms with Crippen LogP contribution in [0.25, 0.3) is 0 Å². The summed E-state index contributed by atoms with van der Waals surface area (Å²) in [5, 5.41) is 0. The van der Waals surface area contributed by atoms with Gasteiger partial charge in [0, 0.05) is 0 Å². The average molecular weight is 310 g/mol. The first kappa shape index (κ1) is 12.7. The lowest BCUT2D eigenvalue weighted by Crippen LogP contribution is -2.34. The first-order valence-corrected chi connectivity index (χ1v) is 7.25. The molecule has 0 atom stereocenters. The highest BCUT2D eigenvalue weighted by molar-refractivity contribution is 14.1. The summed E-state index contributed by atoms with van der Waals surface area (Å²) < 4.78 is 1.16. The number of hydrogen-bond acceptors (Lipinski definition) is 2. The molecule has 14 heavy (non-hydrogen) atoms. The van der Waals surface area contributed by atoms with E-state index in [0.29, 0.717) is 0 Å². The molecule has 0 N–H and O–H groups in total. The van der Waals surface area contributed by atoms with Crippen LogP contribution in [-0.4, -0.2) is 47.6 Å². The molecule has 0 amide bonds. The van der Waals surface area contributed by atoms with Crippen molar-refractivity contribution in [1.82, 2.24) is 9.80 Å². The monoisotopic (exact) mass is 310 g/mol. The lowest BCUT2D eigenvalue weighted by Gasteiger charge is -2.31. The fraction of sp³-hybridized carbons (Fsp3) is 1.00. The number of rotatable bonds is 5. The Kier molecular flexibility index (Phi) is 6.37. The highest BCUT2D eigenvalue weighted by atomic mass is 127. The number of halogens is 1. The minimum absolute atomic E-state index is 0.989. The van der Waals surface area contributed by atoms with E-state index in [1.165, 1.54) is 45.4 Å². The van der Waals surface area contributed by atoms with Crippen LogP contribution in [0.3, 0.4) is 0 Å². The molecule has 1 rings (SSSR count). The van der Waals surface area contributed by atoms with Crippen molar-refractivity contribution in [3.63, 3.8) is 0 Å². The zero-order chi connectivity index (χ0) is 10.4. The third-order valence-electron chi connectivity index (χ3n) is 3.28. The summed E-state index contributed by atoms with van der Waals surface area (Å²) in [4.78, 5) is 4.98. The van der Waals surface area contributed by atoms with Gasteiger partial charge in [-0.3, -0.25) is 4.90 Å². The Balaban J connectivity index is 2.10. The van der Waals surface area contributed by atoms with Crippen molar-refractivity contribution in [2.75, 3.05) is 37.8 Å². The van der Waals surface area contributed by atoms with Crippen molar-refractivity contribution in [1.29, 1.82) is 0 Å². The number of hydrogen-bond donors (Lipinski definition) is 0. The summed E-state index contributed by atoms with van der Waals surface area (Å²) in [6.07, 6.45) is 4.24. The number of likely N-dealkylation sites (tertiary alicyclic amines) is 1. The number of alkyl halides is 1. The van der Waals surface area contributed by atoms with Gasteiger partial charge in [0.15, 0.2) is 0 Å². The van der Waals surface area contributed by atoms with Crippen LogP contribution in [-0.2, 0) is 0 Å². The molecule has 0 aromatic heterocycles. The summed E-state index contributed by atoms with van der Waals surface area (Å²) in [5.41, 5.74) is 0. The van der Waals surface area contributed by atoms with Crippen molar-refractivity contribution >= 4 is 22.6 Å². The van der Waals surface area contributed by atoms with Gasteiger partial charge in [0.25, 0.3) is 0 Å². The Labute approximate surface area is 102 Å². The first-order chi connectivity index (χ1) is 6.76. The normalized spacial score (nSPS) is 20.6. The van der Waals surface area contributed by atoms with Crippen LogP contribution in [0, 0.1) is 5.92 Å². The quantitative estimate of drug-likeness (QED) is 0.437. The van der Waals surface area contributed by atoms with Gasteiger partial charge in [-0.2, -0.15) is 0 Å². The highest BCUT2D eigenvalue weighted by Crippen LogP contribution is 2.20. The molecular formula is C11H23IN2. The molecule has 1 saturated heterocycles. The minimum atomic E-state index is 0.989. The zero-order valence-electron chi connectivity index (χ0n) is 9.51. The fourth-order valence-corrected chi connectivity index (χ4v) is 2.40. The minimum Gasteiger partial charge on any atom is -0.304 e. The second-order valence-corrected chi connectivity index (χ2v) is 5.05. The maximum Gasteiger partial charge on any atom is 0.0502 e. The van der Waals surface area contributed by atoms with Gasteiger partial charge in [0.05, 0.1) is 4.55 Å². The summed E-state index contributed by atoms with van der Waals surface area (Å²) >= 11 is 2.43. The van der Waals surface area contributed by atoms with Crippen LogP contribution >= 0.6 is 22.6 Å². The van der Waals surface area contributed by atoms with Crippen molar-refractivity contribution in [2.45, 2.75) is 26.2 Å². The SMILES string of the molecule is CCN1CCC(CCN(C)CI)CC1. The summed E-state index contributed by atoms with van der Waals surface area (Å²) in [6.45, 7) is 7.44. The van der Waals surface area contributed by atoms with E-state index < -0.39 is 0 Å². The van der Waals surface area contributed by atoms with E-state index in [0.717, 1.165) is 10.5 Å². The van der Waals surface area contributed by atoms with E-state index in [4.69, 9.17) is 0 Å². The van der Waals surface area contributed by atoms with Crippen LogP contribution in [0.1, 0.15) is 26.2 Å². The highest BCUT2D eigenvalue weighted by Gasteiger charge is 2.17. The van der Waals surface area contributed by atoms with E-state index in [2.05, 4.69) is 46.4 Å². The molecule has 0 radical (unpaired) electrons. The molecule has 0 aromatic rings. The second kappa shape index (κ2) is 7.01. The van der Waals surface area contributed by atoms with Crippen molar-refractivity contribution in [3.8, 4) is 0 Å². The standard InChI is InChI=1S/C11H23IN2/c1-3-14-8-5-11(6-9-14)4-7-13(2)10-12/h11H,3-10H2,1-2H3. The number of piperidine rings is 1. The van der Waals surface area contributed by atoms with E-state index in [1.54, 1.807) is 0 Å². The topological polar surface area (TPSA) is 6.48 Å². The molecule has 0 aliphatic carbocycles. The molecule has 2 nitrogen and oxygen atoms in total. The molecule has 0 bridgehead atoms. The van der Waals surface area contributed by atoms with Crippen molar-refractivity contribution < 1.29 is 0 Å². The van der Waals surface area contributed by atoms with Gasteiger partial charge in [-0.15, -0.1) is 0 Å². The maximum atomic E-state index is 2.57. The predicted molar refractivity (Wildman–Crippen MR) is 71.0 cm³/mol. The van der Waals surface area contributed by atoms with Crippen molar-refractivity contribution in [2.24, 2.45) is 5.92 Å². The van der Waals surface area contributed by atoms with Crippen LogP contribution in [0.4, 0.5) is 0 Å². The van der Waals surface area contributed by atoms with Crippen LogP contribution in [0.15, 0.2) is 0 Å². The zero-order valence-corrected chi connectivity index (χ0v) is 11.7. The van der Waals surface area contributed by atoms with Gasteiger partial charge in [-0.25, -0.2) is 0 Å². The van der Waals surface area contributed by atoms with Crippen LogP contribution in [0.5, 0.6) is 0 Å². The van der Waals surface area contributed by atoms with Gasteiger partial charge >= 0.3 is 0 Å². The van der Waals surface area contributed by atoms with Crippen molar-refractivity contribution in [3.05, 3.63) is 0 Å². The Morgan fingerprint density at radius 2 is 2.00 bits per heavy atom. The van der Waals surface area contributed by atoms with E-state index in [1.807, 2.05) is 0 Å². The summed E-state index contributed by atoms with van der Waals surface area (Å²) in [5.74, 6) is 0.989. The third kappa shape index (κ3) is 4.45. The molecule has 3 heteroatoms. The Morgan fingerprint density at radius 1 is 1.36 bits per heavy atom. The van der Waals surface area contributed by atoms with E-state index in [9.17, 15) is 0 Å². The average Bonchev–Trinajstić information content (AvgIpc) is 2.26. The third-order valence-corrected chi connectivity index (χ3v) is 4.44. The Morgan fingerprint density at radius 3 is 2.50 bits per heavy atom. The number of nitrogens with zero attached hydrogens (tertiary/aromatic N) is 2. The molecule has 0 unspecified atom stereocenters. The molecule has 84 valence electrons. The molecule has 0 aromatic carbocycles. The van der Waals surface area contributed by atoms with Gasteiger partial charge in [-0.1, -0.05) is 29.5 Å². The van der Waals surface area contributed by atoms with Gasteiger partial charge in [0.1, 0.15) is 0 Å². The Bertz CT molecular complexity index is 144. The fourth-order valence-electron chi connectivity index (χ4n) is 2.05. The van der Waals surface area contributed by atoms with Gasteiger partial charge in [0.2, 0.25) is 0 Å². The lowest BCUT2D eigenvalue weighted by atomic mass is 9.93. The van der Waals surface area contributed by atoms with Crippen LogP contribution in [0.2, 0.25) is 0 Å².